The molecule has 0 fully saturated rings. The zero-order chi connectivity index (χ0) is 10.2. The van der Waals surface area contributed by atoms with Crippen LogP contribution < -0.4 is 0 Å². The van der Waals surface area contributed by atoms with Gasteiger partial charge in [0.2, 0.25) is 0 Å². The molecule has 0 atom stereocenters. The van der Waals surface area contributed by atoms with Crippen LogP contribution in [0.4, 0.5) is 0 Å². The van der Waals surface area contributed by atoms with Crippen LogP contribution in [0.3, 0.4) is 0 Å². The van der Waals surface area contributed by atoms with Gasteiger partial charge in [0.25, 0.3) is 0 Å². The number of carbonyl (C=O) groups is 1. The average Bonchev–Trinajstić information content (AvgIpc) is 2.27. The molecule has 14 heavy (non-hydrogen) atoms. The number of Topliss-reactive ketones (excluding diaryl/α,β-unsaturated/α-hetero) is 1. The quantitative estimate of drug-likeness (QED) is 0.607. The van der Waals surface area contributed by atoms with E-state index >= 15 is 0 Å². The average molecular weight is 186 g/mol. The van der Waals surface area contributed by atoms with Gasteiger partial charge < -0.3 is 0 Å². The van der Waals surface area contributed by atoms with E-state index in [1.807, 2.05) is 44.2 Å². The second-order valence-electron chi connectivity index (χ2n) is 4.41. The van der Waals surface area contributed by atoms with Crippen LogP contribution in [-0.4, -0.2) is 5.78 Å². The van der Waals surface area contributed by atoms with Gasteiger partial charge in [-0.3, -0.25) is 4.79 Å². The lowest BCUT2D eigenvalue weighted by atomic mass is 9.82. The summed E-state index contributed by atoms with van der Waals surface area (Å²) in [5.74, 6) is 0.248. The highest BCUT2D eigenvalue weighted by Crippen LogP contribution is 2.31. The predicted octanol–water partition coefficient (Wildman–Crippen LogP) is 3.31. The van der Waals surface area contributed by atoms with Crippen molar-refractivity contribution < 1.29 is 4.79 Å². The lowest BCUT2D eigenvalue weighted by Crippen LogP contribution is -2.23. The fraction of sp³-hybridized carbons (Fsp3) is 0.308. The summed E-state index contributed by atoms with van der Waals surface area (Å²) in [7, 11) is 0. The topological polar surface area (TPSA) is 17.1 Å². The van der Waals surface area contributed by atoms with Crippen molar-refractivity contribution in [3.05, 3.63) is 41.5 Å². The highest BCUT2D eigenvalue weighted by atomic mass is 16.1. The summed E-state index contributed by atoms with van der Waals surface area (Å²) in [6, 6.07) is 7.79. The Morgan fingerprint density at radius 2 is 1.93 bits per heavy atom. The Morgan fingerprint density at radius 3 is 2.71 bits per heavy atom. The molecule has 0 radical (unpaired) electrons. The van der Waals surface area contributed by atoms with Gasteiger partial charge in [-0.05, 0) is 12.0 Å². The van der Waals surface area contributed by atoms with Gasteiger partial charge in [-0.15, -0.1) is 0 Å². The fourth-order valence-electron chi connectivity index (χ4n) is 1.79. The first-order valence-electron chi connectivity index (χ1n) is 4.92. The number of hydrogen-bond acceptors (Lipinski definition) is 1. The largest absolute Gasteiger partial charge is 0.294 e. The minimum atomic E-state index is -0.261. The minimum absolute atomic E-state index is 0.248. The Balaban J connectivity index is 2.59. The summed E-state index contributed by atoms with van der Waals surface area (Å²) < 4.78 is 0. The zero-order valence-electron chi connectivity index (χ0n) is 8.58. The van der Waals surface area contributed by atoms with Crippen molar-refractivity contribution in [2.24, 2.45) is 5.41 Å². The van der Waals surface area contributed by atoms with Crippen LogP contribution in [0, 0.1) is 5.41 Å². The van der Waals surface area contributed by atoms with Gasteiger partial charge in [-0.1, -0.05) is 50.3 Å². The maximum atomic E-state index is 12.1. The first-order valence-corrected chi connectivity index (χ1v) is 4.92. The van der Waals surface area contributed by atoms with E-state index in [4.69, 9.17) is 0 Å². The highest BCUT2D eigenvalue weighted by Gasteiger charge is 2.29. The lowest BCUT2D eigenvalue weighted by Gasteiger charge is -2.20. The molecule has 0 aliphatic heterocycles. The normalized spacial score (nSPS) is 18.9. The second-order valence-corrected chi connectivity index (χ2v) is 4.41. The van der Waals surface area contributed by atoms with Crippen LogP contribution in [0.1, 0.15) is 36.2 Å². The number of rotatable bonds is 0. The van der Waals surface area contributed by atoms with Crippen molar-refractivity contribution in [3.63, 3.8) is 0 Å². The van der Waals surface area contributed by atoms with Crippen LogP contribution >= 0.6 is 0 Å². The molecule has 0 bridgehead atoms. The van der Waals surface area contributed by atoms with Crippen molar-refractivity contribution in [2.45, 2.75) is 20.3 Å². The molecule has 1 aromatic rings. The van der Waals surface area contributed by atoms with Crippen molar-refractivity contribution in [1.82, 2.24) is 0 Å². The number of ketones is 1. The molecule has 1 aliphatic rings. The van der Waals surface area contributed by atoms with Crippen LogP contribution in [0.15, 0.2) is 30.3 Å². The minimum Gasteiger partial charge on any atom is -0.294 e. The molecule has 0 saturated heterocycles. The molecule has 0 aromatic heterocycles. The van der Waals surface area contributed by atoms with Crippen molar-refractivity contribution in [1.29, 1.82) is 0 Å². The molecule has 0 heterocycles. The van der Waals surface area contributed by atoms with E-state index in [0.717, 1.165) is 17.5 Å². The number of carbonyl (C=O) groups excluding carboxylic acids is 1. The molecular weight excluding hydrogens is 172 g/mol. The summed E-state index contributed by atoms with van der Waals surface area (Å²) in [5.41, 5.74) is 1.64. The third-order valence-corrected chi connectivity index (χ3v) is 2.75. The third-order valence-electron chi connectivity index (χ3n) is 2.75. The molecule has 0 amide bonds. The van der Waals surface area contributed by atoms with Gasteiger partial charge in [-0.25, -0.2) is 0 Å². The van der Waals surface area contributed by atoms with Crippen molar-refractivity contribution >= 4 is 11.9 Å². The fourth-order valence-corrected chi connectivity index (χ4v) is 1.79. The first-order chi connectivity index (χ1) is 6.61. The summed E-state index contributed by atoms with van der Waals surface area (Å²) in [4.78, 5) is 12.1. The summed E-state index contributed by atoms with van der Waals surface area (Å²) >= 11 is 0. The van der Waals surface area contributed by atoms with E-state index in [-0.39, 0.29) is 11.2 Å². The van der Waals surface area contributed by atoms with E-state index in [0.29, 0.717) is 0 Å². The molecule has 0 N–H and O–H groups in total. The van der Waals surface area contributed by atoms with E-state index < -0.39 is 0 Å². The van der Waals surface area contributed by atoms with Gasteiger partial charge in [0.1, 0.15) is 0 Å². The molecular formula is C13H14O. The maximum Gasteiger partial charge on any atom is 0.169 e. The van der Waals surface area contributed by atoms with Crippen LogP contribution in [0.5, 0.6) is 0 Å². The van der Waals surface area contributed by atoms with E-state index in [2.05, 4.69) is 6.08 Å². The van der Waals surface area contributed by atoms with Gasteiger partial charge in [-0.2, -0.15) is 0 Å². The Hall–Kier alpha value is -1.37. The number of fused-ring (bicyclic) bond motifs is 1. The van der Waals surface area contributed by atoms with E-state index in [1.165, 1.54) is 0 Å². The van der Waals surface area contributed by atoms with Gasteiger partial charge in [0.05, 0.1) is 0 Å². The third kappa shape index (κ3) is 1.39. The molecule has 2 rings (SSSR count). The molecule has 1 aliphatic carbocycles. The maximum absolute atomic E-state index is 12.1. The molecule has 1 heteroatoms. The Bertz CT molecular complexity index is 399. The Labute approximate surface area is 84.5 Å². The monoisotopic (exact) mass is 186 g/mol. The molecule has 1 aromatic carbocycles. The molecule has 0 saturated carbocycles. The van der Waals surface area contributed by atoms with E-state index in [9.17, 15) is 4.79 Å². The highest BCUT2D eigenvalue weighted by molar-refractivity contribution is 6.03. The summed E-state index contributed by atoms with van der Waals surface area (Å²) in [5, 5.41) is 0. The van der Waals surface area contributed by atoms with Crippen LogP contribution in [-0.2, 0) is 0 Å². The lowest BCUT2D eigenvalue weighted by molar-refractivity contribution is 0.0842. The predicted molar refractivity (Wildman–Crippen MR) is 58.2 cm³/mol. The molecule has 1 nitrogen and oxygen atoms in total. The summed E-state index contributed by atoms with van der Waals surface area (Å²) in [6.07, 6.45) is 4.95. The number of allylic oxidation sites excluding steroid dienone is 1. The summed E-state index contributed by atoms with van der Waals surface area (Å²) in [6.45, 7) is 4.00. The Kier molecular flexibility index (Phi) is 2.03. The SMILES string of the molecule is CC1(C)CC=Cc2ccccc2C1=O. The van der Waals surface area contributed by atoms with Gasteiger partial charge in [0.15, 0.2) is 5.78 Å². The molecule has 0 spiro atoms. The second kappa shape index (κ2) is 3.09. The van der Waals surface area contributed by atoms with E-state index in [1.54, 1.807) is 0 Å². The van der Waals surface area contributed by atoms with Crippen molar-refractivity contribution in [2.75, 3.05) is 0 Å². The van der Waals surface area contributed by atoms with Crippen LogP contribution in [0.2, 0.25) is 0 Å². The van der Waals surface area contributed by atoms with Gasteiger partial charge >= 0.3 is 0 Å². The molecule has 0 unspecified atom stereocenters. The van der Waals surface area contributed by atoms with Crippen LogP contribution in [0.25, 0.3) is 6.08 Å². The molecule has 72 valence electrons. The van der Waals surface area contributed by atoms with Gasteiger partial charge in [0, 0.05) is 11.0 Å². The smallest absolute Gasteiger partial charge is 0.169 e. The zero-order valence-corrected chi connectivity index (χ0v) is 8.58. The standard InChI is InChI=1S/C13H14O/c1-13(2)9-5-7-10-6-3-4-8-11(10)12(13)14/h3-8H,9H2,1-2H3. The van der Waals surface area contributed by atoms with Crippen molar-refractivity contribution in [3.8, 4) is 0 Å². The Morgan fingerprint density at radius 1 is 1.21 bits per heavy atom. The first kappa shape index (κ1) is 9.20. The number of hydrogen-bond donors (Lipinski definition) is 0. The number of benzene rings is 1.